The summed E-state index contributed by atoms with van der Waals surface area (Å²) >= 11 is 0. The Balaban J connectivity index is 3.03. The van der Waals surface area contributed by atoms with E-state index in [-0.39, 0.29) is 11.3 Å². The average molecular weight is 280 g/mol. The van der Waals surface area contributed by atoms with Crippen LogP contribution in [0.4, 0.5) is 5.69 Å². The summed E-state index contributed by atoms with van der Waals surface area (Å²) in [6.45, 7) is 5.21. The van der Waals surface area contributed by atoms with Crippen molar-refractivity contribution in [1.82, 2.24) is 5.32 Å². The highest BCUT2D eigenvalue weighted by Gasteiger charge is 2.33. The summed E-state index contributed by atoms with van der Waals surface area (Å²) in [5.74, 6) is -1.15. The maximum absolute atomic E-state index is 12.2. The number of carbonyl (C=O) groups excluding carboxylic acids is 1. The lowest BCUT2D eigenvalue weighted by Gasteiger charge is -2.28. The van der Waals surface area contributed by atoms with Gasteiger partial charge in [-0.3, -0.25) is 4.79 Å². The third-order valence-corrected chi connectivity index (χ3v) is 2.89. The molecule has 1 aromatic carbocycles. The molecule has 0 saturated carbocycles. The molecule has 1 atom stereocenters. The lowest BCUT2D eigenvalue weighted by Crippen LogP contribution is -2.49. The van der Waals surface area contributed by atoms with Crippen molar-refractivity contribution in [3.8, 4) is 5.75 Å². The van der Waals surface area contributed by atoms with Gasteiger partial charge in [-0.05, 0) is 23.6 Å². The predicted octanol–water partition coefficient (Wildman–Crippen LogP) is 1.51. The normalized spacial score (nSPS) is 12.6. The first-order valence-electron chi connectivity index (χ1n) is 6.14. The van der Waals surface area contributed by atoms with Gasteiger partial charge in [0.1, 0.15) is 11.8 Å². The number of hydrogen-bond acceptors (Lipinski definition) is 4. The van der Waals surface area contributed by atoms with Crippen LogP contribution in [0.3, 0.4) is 0 Å². The van der Waals surface area contributed by atoms with E-state index < -0.39 is 23.3 Å². The molecule has 0 saturated heterocycles. The largest absolute Gasteiger partial charge is 0.497 e. The molecule has 0 spiro atoms. The molecule has 0 aliphatic carbocycles. The van der Waals surface area contributed by atoms with Crippen LogP contribution in [-0.2, 0) is 4.79 Å². The Bertz CT molecular complexity index is 520. The number of carboxylic acid groups (broad SMARTS) is 1. The second-order valence-corrected chi connectivity index (χ2v) is 5.56. The fourth-order valence-electron chi connectivity index (χ4n) is 1.72. The van der Waals surface area contributed by atoms with Crippen LogP contribution in [0.15, 0.2) is 18.2 Å². The van der Waals surface area contributed by atoms with Crippen LogP contribution in [0.2, 0.25) is 0 Å². The zero-order valence-electron chi connectivity index (χ0n) is 12.1. The maximum atomic E-state index is 12.2. The number of ether oxygens (including phenoxy) is 1. The zero-order valence-corrected chi connectivity index (χ0v) is 12.1. The minimum Gasteiger partial charge on any atom is -0.497 e. The highest BCUT2D eigenvalue weighted by Crippen LogP contribution is 2.22. The van der Waals surface area contributed by atoms with Crippen molar-refractivity contribution in [2.24, 2.45) is 5.41 Å². The molecule has 0 bridgehead atoms. The number of amides is 1. The summed E-state index contributed by atoms with van der Waals surface area (Å²) in [4.78, 5) is 23.4. The summed E-state index contributed by atoms with van der Waals surface area (Å²) < 4.78 is 5.03. The third-order valence-electron chi connectivity index (χ3n) is 2.89. The monoisotopic (exact) mass is 280 g/mol. The first-order valence-corrected chi connectivity index (χ1v) is 6.14. The molecule has 0 aliphatic heterocycles. The van der Waals surface area contributed by atoms with Gasteiger partial charge in [-0.25, -0.2) is 4.79 Å². The molecule has 0 aromatic heterocycles. The number of carboxylic acids is 1. The van der Waals surface area contributed by atoms with Crippen LogP contribution in [-0.4, -0.2) is 30.1 Å². The molecule has 1 rings (SSSR count). The van der Waals surface area contributed by atoms with E-state index >= 15 is 0 Å². The first-order chi connectivity index (χ1) is 9.16. The molecular weight excluding hydrogens is 260 g/mol. The van der Waals surface area contributed by atoms with Gasteiger partial charge >= 0.3 is 5.97 Å². The predicted molar refractivity (Wildman–Crippen MR) is 75.8 cm³/mol. The van der Waals surface area contributed by atoms with Crippen molar-refractivity contribution in [2.75, 3.05) is 12.8 Å². The number of nitrogens with two attached hydrogens (primary N) is 1. The van der Waals surface area contributed by atoms with E-state index in [2.05, 4.69) is 5.32 Å². The quantitative estimate of drug-likeness (QED) is 0.725. The SMILES string of the molecule is COc1ccc(N)c(C(=O)NC(C(=O)O)C(C)(C)C)c1. The van der Waals surface area contributed by atoms with Gasteiger partial charge in [-0.1, -0.05) is 20.8 Å². The van der Waals surface area contributed by atoms with Gasteiger partial charge in [-0.15, -0.1) is 0 Å². The van der Waals surface area contributed by atoms with E-state index in [9.17, 15) is 14.7 Å². The first kappa shape index (κ1) is 15.8. The van der Waals surface area contributed by atoms with E-state index in [1.807, 2.05) is 0 Å². The van der Waals surface area contributed by atoms with Crippen LogP contribution in [0.5, 0.6) is 5.75 Å². The number of carbonyl (C=O) groups is 2. The van der Waals surface area contributed by atoms with Crippen LogP contribution in [0.1, 0.15) is 31.1 Å². The standard InChI is InChI=1S/C14H20N2O4/c1-14(2,3)11(13(18)19)16-12(17)9-7-8(20-4)5-6-10(9)15/h5-7,11H,15H2,1-4H3,(H,16,17)(H,18,19). The lowest BCUT2D eigenvalue weighted by molar-refractivity contribution is -0.142. The molecule has 6 heteroatoms. The topological polar surface area (TPSA) is 102 Å². The smallest absolute Gasteiger partial charge is 0.326 e. The Morgan fingerprint density at radius 3 is 2.40 bits per heavy atom. The van der Waals surface area contributed by atoms with Crippen molar-refractivity contribution in [2.45, 2.75) is 26.8 Å². The Labute approximate surface area is 117 Å². The van der Waals surface area contributed by atoms with Gasteiger partial charge in [0.05, 0.1) is 12.7 Å². The summed E-state index contributed by atoms with van der Waals surface area (Å²) in [6.07, 6.45) is 0. The summed E-state index contributed by atoms with van der Waals surface area (Å²) in [6, 6.07) is 3.64. The van der Waals surface area contributed by atoms with E-state index in [1.54, 1.807) is 32.9 Å². The number of aliphatic carboxylic acids is 1. The summed E-state index contributed by atoms with van der Waals surface area (Å²) in [7, 11) is 1.47. The van der Waals surface area contributed by atoms with E-state index in [1.165, 1.54) is 13.2 Å². The van der Waals surface area contributed by atoms with Crippen LogP contribution in [0, 0.1) is 5.41 Å². The number of hydrogen-bond donors (Lipinski definition) is 3. The van der Waals surface area contributed by atoms with E-state index in [0.717, 1.165) is 0 Å². The molecule has 20 heavy (non-hydrogen) atoms. The fraction of sp³-hybridized carbons (Fsp3) is 0.429. The van der Waals surface area contributed by atoms with Crippen molar-refractivity contribution in [3.05, 3.63) is 23.8 Å². The van der Waals surface area contributed by atoms with E-state index in [0.29, 0.717) is 5.75 Å². The third kappa shape index (κ3) is 3.63. The second-order valence-electron chi connectivity index (χ2n) is 5.56. The van der Waals surface area contributed by atoms with Gasteiger partial charge in [0, 0.05) is 5.69 Å². The molecule has 0 radical (unpaired) electrons. The number of rotatable bonds is 4. The van der Waals surface area contributed by atoms with Gasteiger partial charge in [0.15, 0.2) is 0 Å². The zero-order chi connectivity index (χ0) is 15.5. The lowest BCUT2D eigenvalue weighted by atomic mass is 9.86. The van der Waals surface area contributed by atoms with Crippen molar-refractivity contribution in [3.63, 3.8) is 0 Å². The van der Waals surface area contributed by atoms with Crippen LogP contribution in [0.25, 0.3) is 0 Å². The summed E-state index contributed by atoms with van der Waals surface area (Å²) in [5, 5.41) is 11.7. The molecule has 6 nitrogen and oxygen atoms in total. The van der Waals surface area contributed by atoms with Gasteiger partial charge in [-0.2, -0.15) is 0 Å². The Hall–Kier alpha value is -2.24. The van der Waals surface area contributed by atoms with Crippen LogP contribution >= 0.6 is 0 Å². The molecule has 1 aromatic rings. The number of benzene rings is 1. The number of nitrogen functional groups attached to an aromatic ring is 1. The molecule has 1 unspecified atom stereocenters. The molecule has 4 N–H and O–H groups in total. The highest BCUT2D eigenvalue weighted by atomic mass is 16.5. The molecule has 0 fully saturated rings. The molecule has 0 heterocycles. The molecule has 0 aliphatic rings. The highest BCUT2D eigenvalue weighted by molar-refractivity contribution is 6.01. The Morgan fingerprint density at radius 2 is 1.95 bits per heavy atom. The number of methoxy groups -OCH3 is 1. The maximum Gasteiger partial charge on any atom is 0.326 e. The minimum atomic E-state index is -1.09. The average Bonchev–Trinajstić information content (AvgIpc) is 2.34. The Morgan fingerprint density at radius 1 is 1.35 bits per heavy atom. The van der Waals surface area contributed by atoms with Gasteiger partial charge in [0.2, 0.25) is 0 Å². The van der Waals surface area contributed by atoms with E-state index in [4.69, 9.17) is 10.5 Å². The number of anilines is 1. The van der Waals surface area contributed by atoms with Crippen molar-refractivity contribution in [1.29, 1.82) is 0 Å². The minimum absolute atomic E-state index is 0.194. The fourth-order valence-corrected chi connectivity index (χ4v) is 1.72. The molecule has 110 valence electrons. The second kappa shape index (κ2) is 5.81. The summed E-state index contributed by atoms with van der Waals surface area (Å²) in [5.41, 5.74) is 5.59. The van der Waals surface area contributed by atoms with Crippen molar-refractivity contribution >= 4 is 17.6 Å². The van der Waals surface area contributed by atoms with Crippen LogP contribution < -0.4 is 15.8 Å². The van der Waals surface area contributed by atoms with Crippen molar-refractivity contribution < 1.29 is 19.4 Å². The number of nitrogens with one attached hydrogen (secondary N) is 1. The molecule has 1 amide bonds. The van der Waals surface area contributed by atoms with Gasteiger partial charge in [0.25, 0.3) is 5.91 Å². The molecular formula is C14H20N2O4. The Kier molecular flexibility index (Phi) is 4.60. The van der Waals surface area contributed by atoms with Gasteiger partial charge < -0.3 is 20.9 Å².